The SMILES string of the molecule is C=CCOc1ccc(-c2ccc3c(F)c(CCc4ccc(F)c(F)c4)ccc3c2)nc1. The van der Waals surface area contributed by atoms with Crippen LogP contribution in [0.25, 0.3) is 22.0 Å². The maximum atomic E-state index is 15.0. The van der Waals surface area contributed by atoms with Gasteiger partial charge >= 0.3 is 0 Å². The first-order valence-corrected chi connectivity index (χ1v) is 9.90. The molecule has 3 aromatic carbocycles. The molecule has 0 fully saturated rings. The number of hydrogen-bond acceptors (Lipinski definition) is 2. The van der Waals surface area contributed by atoms with Crippen LogP contribution in [0, 0.1) is 17.5 Å². The number of pyridine rings is 1. The number of nitrogens with zero attached hydrogens (tertiary/aromatic N) is 1. The number of aromatic nitrogens is 1. The quantitative estimate of drug-likeness (QED) is 0.312. The molecule has 0 aliphatic carbocycles. The van der Waals surface area contributed by atoms with Crippen LogP contribution >= 0.6 is 0 Å². The van der Waals surface area contributed by atoms with Crippen LogP contribution in [0.3, 0.4) is 0 Å². The molecule has 0 spiro atoms. The van der Waals surface area contributed by atoms with Crippen LogP contribution in [-0.4, -0.2) is 11.6 Å². The van der Waals surface area contributed by atoms with E-state index in [-0.39, 0.29) is 5.82 Å². The van der Waals surface area contributed by atoms with Crippen LogP contribution in [0.1, 0.15) is 11.1 Å². The summed E-state index contributed by atoms with van der Waals surface area (Å²) in [5, 5.41) is 1.28. The van der Waals surface area contributed by atoms with Gasteiger partial charge in [-0.1, -0.05) is 43.0 Å². The van der Waals surface area contributed by atoms with Gasteiger partial charge in [0.1, 0.15) is 18.2 Å². The molecule has 0 aliphatic rings. The van der Waals surface area contributed by atoms with Crippen molar-refractivity contribution in [1.29, 1.82) is 0 Å². The summed E-state index contributed by atoms with van der Waals surface area (Å²) in [6, 6.07) is 16.5. The van der Waals surface area contributed by atoms with Gasteiger partial charge in [-0.2, -0.15) is 0 Å². The molecule has 0 unspecified atom stereocenters. The Balaban J connectivity index is 1.54. The molecule has 4 rings (SSSR count). The Labute approximate surface area is 178 Å². The third-order valence-electron chi connectivity index (χ3n) is 5.10. The third kappa shape index (κ3) is 4.61. The fourth-order valence-corrected chi connectivity index (χ4v) is 3.46. The Hall–Kier alpha value is -3.60. The summed E-state index contributed by atoms with van der Waals surface area (Å²) < 4.78 is 46.9. The number of benzene rings is 3. The van der Waals surface area contributed by atoms with Gasteiger partial charge in [0.25, 0.3) is 0 Å². The summed E-state index contributed by atoms with van der Waals surface area (Å²) in [4.78, 5) is 4.41. The van der Waals surface area contributed by atoms with Gasteiger partial charge in [-0.05, 0) is 59.7 Å². The van der Waals surface area contributed by atoms with Crippen molar-refractivity contribution in [2.45, 2.75) is 12.8 Å². The number of fused-ring (bicyclic) bond motifs is 1. The molecule has 1 heterocycles. The van der Waals surface area contributed by atoms with Gasteiger partial charge in [0.2, 0.25) is 0 Å². The van der Waals surface area contributed by atoms with Gasteiger partial charge in [-0.25, -0.2) is 13.2 Å². The zero-order chi connectivity index (χ0) is 21.8. The highest BCUT2D eigenvalue weighted by Gasteiger charge is 2.10. The van der Waals surface area contributed by atoms with Crippen LogP contribution in [0.15, 0.2) is 79.5 Å². The Morgan fingerprint density at radius 1 is 0.871 bits per heavy atom. The summed E-state index contributed by atoms with van der Waals surface area (Å²) in [5.41, 5.74) is 2.79. The van der Waals surface area contributed by atoms with Crippen molar-refractivity contribution in [2.75, 3.05) is 6.61 Å². The second-order valence-corrected chi connectivity index (χ2v) is 7.20. The minimum absolute atomic E-state index is 0.298. The molecule has 0 saturated heterocycles. The highest BCUT2D eigenvalue weighted by molar-refractivity contribution is 5.88. The maximum absolute atomic E-state index is 15.0. The fraction of sp³-hybridized carbons (Fsp3) is 0.115. The number of aryl methyl sites for hydroxylation is 2. The normalized spacial score (nSPS) is 10.9. The molecular weight excluding hydrogens is 399 g/mol. The lowest BCUT2D eigenvalue weighted by Crippen LogP contribution is -1.97. The van der Waals surface area contributed by atoms with Crippen molar-refractivity contribution in [3.8, 4) is 17.0 Å². The summed E-state index contributed by atoms with van der Waals surface area (Å²) in [5.74, 6) is -1.42. The average molecular weight is 419 g/mol. The molecule has 0 aliphatic heterocycles. The van der Waals surface area contributed by atoms with Gasteiger partial charge in [0.15, 0.2) is 11.6 Å². The average Bonchev–Trinajstić information content (AvgIpc) is 2.79. The molecule has 5 heteroatoms. The Morgan fingerprint density at radius 2 is 1.74 bits per heavy atom. The monoisotopic (exact) mass is 419 g/mol. The van der Waals surface area contributed by atoms with Crippen LogP contribution < -0.4 is 4.74 Å². The second-order valence-electron chi connectivity index (χ2n) is 7.20. The van der Waals surface area contributed by atoms with Gasteiger partial charge in [-0.3, -0.25) is 4.98 Å². The van der Waals surface area contributed by atoms with Gasteiger partial charge in [-0.15, -0.1) is 0 Å². The van der Waals surface area contributed by atoms with E-state index in [1.165, 1.54) is 6.07 Å². The summed E-state index contributed by atoms with van der Waals surface area (Å²) in [6.07, 6.45) is 4.12. The van der Waals surface area contributed by atoms with Crippen molar-refractivity contribution in [3.63, 3.8) is 0 Å². The number of halogens is 3. The highest BCUT2D eigenvalue weighted by atomic mass is 19.2. The molecule has 0 bridgehead atoms. The molecule has 156 valence electrons. The van der Waals surface area contributed by atoms with E-state index in [2.05, 4.69) is 11.6 Å². The van der Waals surface area contributed by atoms with E-state index in [9.17, 15) is 8.78 Å². The Kier molecular flexibility index (Phi) is 6.03. The Morgan fingerprint density at radius 3 is 2.48 bits per heavy atom. The lowest BCUT2D eigenvalue weighted by molar-refractivity contribution is 0.362. The zero-order valence-corrected chi connectivity index (χ0v) is 16.7. The first-order chi connectivity index (χ1) is 15.0. The predicted molar refractivity (Wildman–Crippen MR) is 117 cm³/mol. The smallest absolute Gasteiger partial charge is 0.159 e. The number of hydrogen-bond donors (Lipinski definition) is 0. The van der Waals surface area contributed by atoms with Crippen molar-refractivity contribution < 1.29 is 17.9 Å². The molecule has 0 radical (unpaired) electrons. The van der Waals surface area contributed by atoms with E-state index >= 15 is 4.39 Å². The minimum atomic E-state index is -0.891. The summed E-state index contributed by atoms with van der Waals surface area (Å²) >= 11 is 0. The van der Waals surface area contributed by atoms with Crippen LogP contribution in [0.2, 0.25) is 0 Å². The van der Waals surface area contributed by atoms with Crippen LogP contribution in [0.5, 0.6) is 5.75 Å². The maximum Gasteiger partial charge on any atom is 0.159 e. The molecule has 0 atom stereocenters. The molecule has 0 N–H and O–H groups in total. The molecule has 31 heavy (non-hydrogen) atoms. The standard InChI is InChI=1S/C26H20F3NO/c1-2-13-31-21-9-12-25(30-16-21)20-8-10-22-19(15-20)7-6-18(26(22)29)5-3-17-4-11-23(27)24(28)14-17/h2,4,6-12,14-16H,1,3,5,13H2. The van der Waals surface area contributed by atoms with Gasteiger partial charge in [0.05, 0.1) is 11.9 Å². The van der Waals surface area contributed by atoms with Crippen molar-refractivity contribution >= 4 is 10.8 Å². The van der Waals surface area contributed by atoms with E-state index in [4.69, 9.17) is 4.74 Å². The second kappa shape index (κ2) is 9.04. The van der Waals surface area contributed by atoms with Crippen molar-refractivity contribution in [3.05, 3.63) is 108 Å². The molecule has 0 saturated carbocycles. The van der Waals surface area contributed by atoms with Crippen LogP contribution in [0.4, 0.5) is 13.2 Å². The third-order valence-corrected chi connectivity index (χ3v) is 5.10. The fourth-order valence-electron chi connectivity index (χ4n) is 3.46. The van der Waals surface area contributed by atoms with E-state index < -0.39 is 11.6 Å². The predicted octanol–water partition coefficient (Wildman–Crippen LogP) is 6.67. The first kappa shape index (κ1) is 20.7. The number of ether oxygens (including phenoxy) is 1. The number of rotatable bonds is 7. The highest BCUT2D eigenvalue weighted by Crippen LogP contribution is 2.28. The van der Waals surface area contributed by atoms with E-state index in [0.29, 0.717) is 41.7 Å². The topological polar surface area (TPSA) is 22.1 Å². The lowest BCUT2D eigenvalue weighted by atomic mass is 9.98. The molecule has 1 aromatic heterocycles. The van der Waals surface area contributed by atoms with E-state index in [0.717, 1.165) is 28.8 Å². The van der Waals surface area contributed by atoms with Crippen LogP contribution in [-0.2, 0) is 12.8 Å². The van der Waals surface area contributed by atoms with E-state index in [1.54, 1.807) is 24.4 Å². The largest absolute Gasteiger partial charge is 0.488 e. The molecule has 0 amide bonds. The first-order valence-electron chi connectivity index (χ1n) is 9.90. The van der Waals surface area contributed by atoms with Gasteiger partial charge < -0.3 is 4.74 Å². The zero-order valence-electron chi connectivity index (χ0n) is 16.7. The Bertz CT molecular complexity index is 1240. The van der Waals surface area contributed by atoms with E-state index in [1.807, 2.05) is 30.3 Å². The summed E-state index contributed by atoms with van der Waals surface area (Å²) in [6.45, 7) is 4.02. The van der Waals surface area contributed by atoms with Crippen molar-refractivity contribution in [1.82, 2.24) is 4.98 Å². The molecule has 4 aromatic rings. The van der Waals surface area contributed by atoms with Gasteiger partial charge in [0, 0.05) is 10.9 Å². The van der Waals surface area contributed by atoms with Crippen molar-refractivity contribution in [2.24, 2.45) is 0 Å². The lowest BCUT2D eigenvalue weighted by Gasteiger charge is -2.09. The molecule has 2 nitrogen and oxygen atoms in total. The molecular formula is C26H20F3NO. The summed E-state index contributed by atoms with van der Waals surface area (Å²) in [7, 11) is 0. The minimum Gasteiger partial charge on any atom is -0.488 e.